The van der Waals surface area contributed by atoms with Gasteiger partial charge in [-0.05, 0) is 36.3 Å². The topological polar surface area (TPSA) is 0 Å². The standard InChI is InChI=1S/C13H16F2S/c1-8-2-4-9(5-3-8)10-6-7-11(16)13(15)12(10)14/h6-9,16H,2-5H2,1H3. The van der Waals surface area contributed by atoms with Crippen molar-refractivity contribution in [2.45, 2.75) is 43.4 Å². The maximum absolute atomic E-state index is 13.7. The Morgan fingerprint density at radius 1 is 1.06 bits per heavy atom. The molecule has 1 aromatic rings. The summed E-state index contributed by atoms with van der Waals surface area (Å²) < 4.78 is 27.1. The Morgan fingerprint density at radius 3 is 2.31 bits per heavy atom. The molecule has 88 valence electrons. The Bertz CT molecular complexity index is 382. The fourth-order valence-corrected chi connectivity index (χ4v) is 2.61. The van der Waals surface area contributed by atoms with Crippen molar-refractivity contribution >= 4 is 12.6 Å². The molecule has 1 fully saturated rings. The summed E-state index contributed by atoms with van der Waals surface area (Å²) in [4.78, 5) is 0.0884. The zero-order valence-electron chi connectivity index (χ0n) is 9.34. The van der Waals surface area contributed by atoms with E-state index in [0.717, 1.165) is 25.7 Å². The maximum Gasteiger partial charge on any atom is 0.172 e. The van der Waals surface area contributed by atoms with Crippen molar-refractivity contribution in [3.63, 3.8) is 0 Å². The van der Waals surface area contributed by atoms with E-state index >= 15 is 0 Å². The number of hydrogen-bond donors (Lipinski definition) is 1. The van der Waals surface area contributed by atoms with Gasteiger partial charge in [-0.2, -0.15) is 0 Å². The van der Waals surface area contributed by atoms with Gasteiger partial charge >= 0.3 is 0 Å². The molecule has 0 atom stereocenters. The number of hydrogen-bond acceptors (Lipinski definition) is 1. The van der Waals surface area contributed by atoms with Crippen LogP contribution in [0.25, 0.3) is 0 Å². The molecule has 0 spiro atoms. The number of thiol groups is 1. The molecule has 1 aliphatic carbocycles. The molecule has 0 heterocycles. The third-order valence-corrected chi connectivity index (χ3v) is 3.89. The summed E-state index contributed by atoms with van der Waals surface area (Å²) in [6.07, 6.45) is 4.13. The fraction of sp³-hybridized carbons (Fsp3) is 0.538. The highest BCUT2D eigenvalue weighted by molar-refractivity contribution is 7.80. The molecule has 0 N–H and O–H groups in total. The molecule has 0 aliphatic heterocycles. The van der Waals surface area contributed by atoms with Crippen LogP contribution < -0.4 is 0 Å². The van der Waals surface area contributed by atoms with Crippen molar-refractivity contribution in [3.05, 3.63) is 29.3 Å². The second-order valence-electron chi connectivity index (χ2n) is 4.76. The van der Waals surface area contributed by atoms with Gasteiger partial charge in [0.2, 0.25) is 0 Å². The Balaban J connectivity index is 2.24. The lowest BCUT2D eigenvalue weighted by molar-refractivity contribution is 0.338. The molecule has 0 bridgehead atoms. The van der Waals surface area contributed by atoms with Gasteiger partial charge in [-0.15, -0.1) is 12.6 Å². The summed E-state index contributed by atoms with van der Waals surface area (Å²) in [5.74, 6) is -0.612. The number of rotatable bonds is 1. The predicted octanol–water partition coefficient (Wildman–Crippen LogP) is 4.55. The summed E-state index contributed by atoms with van der Waals surface area (Å²) in [5, 5.41) is 0. The molecular weight excluding hydrogens is 226 g/mol. The molecule has 0 saturated heterocycles. The van der Waals surface area contributed by atoms with Gasteiger partial charge in [-0.3, -0.25) is 0 Å². The van der Waals surface area contributed by atoms with Crippen molar-refractivity contribution in [2.24, 2.45) is 5.92 Å². The zero-order chi connectivity index (χ0) is 11.7. The SMILES string of the molecule is CC1CCC(c2ccc(S)c(F)c2F)CC1. The van der Waals surface area contributed by atoms with Crippen LogP contribution in [-0.2, 0) is 0 Å². The van der Waals surface area contributed by atoms with Crippen LogP contribution in [0, 0.1) is 17.6 Å². The van der Waals surface area contributed by atoms with E-state index in [1.807, 2.05) is 0 Å². The third kappa shape index (κ3) is 2.24. The van der Waals surface area contributed by atoms with E-state index < -0.39 is 11.6 Å². The first kappa shape index (κ1) is 11.9. The molecule has 0 amide bonds. The Hall–Kier alpha value is -0.570. The van der Waals surface area contributed by atoms with E-state index in [-0.39, 0.29) is 10.8 Å². The van der Waals surface area contributed by atoms with E-state index in [2.05, 4.69) is 19.6 Å². The van der Waals surface area contributed by atoms with E-state index in [0.29, 0.717) is 11.5 Å². The van der Waals surface area contributed by atoms with Crippen molar-refractivity contribution in [3.8, 4) is 0 Å². The van der Waals surface area contributed by atoms with Gasteiger partial charge in [0.05, 0.1) is 0 Å². The maximum atomic E-state index is 13.7. The Morgan fingerprint density at radius 2 is 1.69 bits per heavy atom. The van der Waals surface area contributed by atoms with Crippen LogP contribution in [0.2, 0.25) is 0 Å². The van der Waals surface area contributed by atoms with E-state index in [1.165, 1.54) is 0 Å². The summed E-state index contributed by atoms with van der Waals surface area (Å²) in [6, 6.07) is 3.23. The molecule has 1 aliphatic rings. The first-order valence-corrected chi connectivity index (χ1v) is 6.21. The smallest absolute Gasteiger partial charge is 0.172 e. The Labute approximate surface area is 100 Å². The minimum Gasteiger partial charge on any atom is -0.203 e. The molecule has 0 radical (unpaired) electrons. The summed E-state index contributed by atoms with van der Waals surface area (Å²) >= 11 is 3.88. The normalized spacial score (nSPS) is 25.8. The first-order chi connectivity index (χ1) is 7.59. The quantitative estimate of drug-likeness (QED) is 0.686. The van der Waals surface area contributed by atoms with Gasteiger partial charge in [0.25, 0.3) is 0 Å². The van der Waals surface area contributed by atoms with Crippen molar-refractivity contribution in [1.82, 2.24) is 0 Å². The monoisotopic (exact) mass is 242 g/mol. The largest absolute Gasteiger partial charge is 0.203 e. The van der Waals surface area contributed by atoms with Gasteiger partial charge in [0, 0.05) is 4.90 Å². The number of benzene rings is 1. The van der Waals surface area contributed by atoms with Gasteiger partial charge in [-0.1, -0.05) is 25.8 Å². The lowest BCUT2D eigenvalue weighted by Gasteiger charge is -2.26. The van der Waals surface area contributed by atoms with Crippen LogP contribution in [0.1, 0.15) is 44.1 Å². The molecule has 16 heavy (non-hydrogen) atoms. The highest BCUT2D eigenvalue weighted by Gasteiger charge is 2.24. The lowest BCUT2D eigenvalue weighted by atomic mass is 9.79. The molecule has 1 saturated carbocycles. The second-order valence-corrected chi connectivity index (χ2v) is 5.24. The van der Waals surface area contributed by atoms with Gasteiger partial charge in [-0.25, -0.2) is 8.78 Å². The van der Waals surface area contributed by atoms with Crippen LogP contribution in [0.5, 0.6) is 0 Å². The van der Waals surface area contributed by atoms with Crippen LogP contribution in [0.4, 0.5) is 8.78 Å². The first-order valence-electron chi connectivity index (χ1n) is 5.76. The van der Waals surface area contributed by atoms with E-state index in [4.69, 9.17) is 0 Å². The summed E-state index contributed by atoms with van der Waals surface area (Å²) in [6.45, 7) is 2.21. The number of halogens is 2. The highest BCUT2D eigenvalue weighted by Crippen LogP contribution is 2.37. The summed E-state index contributed by atoms with van der Waals surface area (Å²) in [5.41, 5.74) is 0.530. The molecule has 2 rings (SSSR count). The molecule has 0 nitrogen and oxygen atoms in total. The highest BCUT2D eigenvalue weighted by atomic mass is 32.1. The van der Waals surface area contributed by atoms with Gasteiger partial charge in [0.1, 0.15) is 0 Å². The zero-order valence-corrected chi connectivity index (χ0v) is 10.2. The van der Waals surface area contributed by atoms with Gasteiger partial charge < -0.3 is 0 Å². The Kier molecular flexibility index (Phi) is 3.53. The van der Waals surface area contributed by atoms with Crippen LogP contribution >= 0.6 is 12.6 Å². The third-order valence-electron chi connectivity index (χ3n) is 3.55. The lowest BCUT2D eigenvalue weighted by Crippen LogP contribution is -2.12. The van der Waals surface area contributed by atoms with Crippen molar-refractivity contribution < 1.29 is 8.78 Å². The summed E-state index contributed by atoms with van der Waals surface area (Å²) in [7, 11) is 0. The van der Waals surface area contributed by atoms with Crippen LogP contribution in [0.15, 0.2) is 17.0 Å². The van der Waals surface area contributed by atoms with Gasteiger partial charge in [0.15, 0.2) is 11.6 Å². The van der Waals surface area contributed by atoms with Crippen molar-refractivity contribution in [1.29, 1.82) is 0 Å². The molecule has 3 heteroatoms. The molecule has 1 aromatic carbocycles. The second kappa shape index (κ2) is 4.74. The average molecular weight is 242 g/mol. The molecule has 0 unspecified atom stereocenters. The predicted molar refractivity (Wildman–Crippen MR) is 64.0 cm³/mol. The average Bonchev–Trinajstić information content (AvgIpc) is 2.28. The minimum atomic E-state index is -0.806. The van der Waals surface area contributed by atoms with Crippen molar-refractivity contribution in [2.75, 3.05) is 0 Å². The molecule has 0 aromatic heterocycles. The van der Waals surface area contributed by atoms with Crippen LogP contribution in [0.3, 0.4) is 0 Å². The minimum absolute atomic E-state index is 0.0884. The van der Waals surface area contributed by atoms with E-state index in [9.17, 15) is 8.78 Å². The van der Waals surface area contributed by atoms with E-state index in [1.54, 1.807) is 12.1 Å². The molecular formula is C13H16F2S. The van der Waals surface area contributed by atoms with Crippen LogP contribution in [-0.4, -0.2) is 0 Å². The fourth-order valence-electron chi connectivity index (χ4n) is 2.44.